The van der Waals surface area contributed by atoms with Crippen LogP contribution in [0.4, 0.5) is 20.2 Å². The summed E-state index contributed by atoms with van der Waals surface area (Å²) < 4.78 is 54.5. The Morgan fingerprint density at radius 1 is 0.893 bits per heavy atom. The van der Waals surface area contributed by atoms with Gasteiger partial charge >= 0.3 is 0 Å². The van der Waals surface area contributed by atoms with E-state index in [1.165, 1.54) is 42.5 Å². The fraction of sp³-hybridized carbons (Fsp3) is 0.0526. The minimum atomic E-state index is -4.30. The number of non-ortho nitro benzene ring substituents is 1. The highest BCUT2D eigenvalue weighted by Crippen LogP contribution is 2.28. The summed E-state index contributed by atoms with van der Waals surface area (Å²) in [5.41, 5.74) is -0.0555. The van der Waals surface area contributed by atoms with E-state index in [-0.39, 0.29) is 17.1 Å². The van der Waals surface area contributed by atoms with E-state index in [4.69, 9.17) is 0 Å². The predicted molar refractivity (Wildman–Crippen MR) is 99.3 cm³/mol. The van der Waals surface area contributed by atoms with Gasteiger partial charge in [-0.3, -0.25) is 14.4 Å². The van der Waals surface area contributed by atoms with E-state index in [1.807, 2.05) is 0 Å². The lowest BCUT2D eigenvalue weighted by atomic mass is 10.2. The van der Waals surface area contributed by atoms with Crippen molar-refractivity contribution < 1.29 is 22.1 Å². The van der Waals surface area contributed by atoms with Gasteiger partial charge in [0.15, 0.2) is 0 Å². The maximum absolute atomic E-state index is 13.7. The van der Waals surface area contributed by atoms with E-state index in [0.29, 0.717) is 5.56 Å². The monoisotopic (exact) mass is 404 g/mol. The van der Waals surface area contributed by atoms with Crippen LogP contribution in [0.25, 0.3) is 0 Å². The van der Waals surface area contributed by atoms with E-state index >= 15 is 0 Å². The standard InChI is InChI=1S/C19H14F2N2O4S/c20-15-5-1-4-14(10-15)13-22(17-7-2-6-16(21)11-17)28(26,27)19-9-3-8-18(12-19)23(24)25/h1-12H,13H2. The van der Waals surface area contributed by atoms with Crippen molar-refractivity contribution in [2.75, 3.05) is 4.31 Å². The Bertz CT molecular complexity index is 1140. The van der Waals surface area contributed by atoms with Crippen LogP contribution in [0.3, 0.4) is 0 Å². The molecule has 9 heteroatoms. The molecule has 0 aromatic heterocycles. The highest BCUT2D eigenvalue weighted by molar-refractivity contribution is 7.92. The van der Waals surface area contributed by atoms with Crippen LogP contribution in [0.5, 0.6) is 0 Å². The molecule has 0 aliphatic rings. The van der Waals surface area contributed by atoms with Crippen LogP contribution in [-0.2, 0) is 16.6 Å². The highest BCUT2D eigenvalue weighted by Gasteiger charge is 2.27. The second-order valence-electron chi connectivity index (χ2n) is 5.88. The van der Waals surface area contributed by atoms with Gasteiger partial charge < -0.3 is 0 Å². The molecule has 28 heavy (non-hydrogen) atoms. The van der Waals surface area contributed by atoms with Crippen LogP contribution in [-0.4, -0.2) is 13.3 Å². The molecule has 3 rings (SSSR count). The third-order valence-corrected chi connectivity index (χ3v) is 5.70. The molecule has 0 amide bonds. The Labute approximate surface area is 159 Å². The lowest BCUT2D eigenvalue weighted by Crippen LogP contribution is -2.30. The largest absolute Gasteiger partial charge is 0.270 e. The smallest absolute Gasteiger partial charge is 0.262 e. The lowest BCUT2D eigenvalue weighted by molar-refractivity contribution is -0.385. The molecule has 0 bridgehead atoms. The van der Waals surface area contributed by atoms with Gasteiger partial charge in [0, 0.05) is 12.1 Å². The van der Waals surface area contributed by atoms with Crippen molar-refractivity contribution in [1.29, 1.82) is 0 Å². The van der Waals surface area contributed by atoms with Crippen LogP contribution in [0.1, 0.15) is 5.56 Å². The van der Waals surface area contributed by atoms with Gasteiger partial charge in [-0.05, 0) is 42.0 Å². The zero-order valence-electron chi connectivity index (χ0n) is 14.3. The second kappa shape index (κ2) is 7.73. The predicted octanol–water partition coefficient (Wildman–Crippen LogP) is 4.27. The van der Waals surface area contributed by atoms with Gasteiger partial charge in [0.05, 0.1) is 22.1 Å². The third kappa shape index (κ3) is 4.15. The van der Waals surface area contributed by atoms with Crippen LogP contribution < -0.4 is 4.31 Å². The van der Waals surface area contributed by atoms with Gasteiger partial charge in [0.1, 0.15) is 11.6 Å². The average Bonchev–Trinajstić information content (AvgIpc) is 2.66. The summed E-state index contributed by atoms with van der Waals surface area (Å²) in [6.45, 7) is -0.285. The van der Waals surface area contributed by atoms with Crippen molar-refractivity contribution >= 4 is 21.4 Å². The highest BCUT2D eigenvalue weighted by atomic mass is 32.2. The first-order valence-electron chi connectivity index (χ1n) is 8.04. The zero-order chi connectivity index (χ0) is 20.3. The first-order chi connectivity index (χ1) is 13.3. The van der Waals surface area contributed by atoms with Crippen LogP contribution in [0, 0.1) is 21.7 Å². The molecule has 6 nitrogen and oxygen atoms in total. The Morgan fingerprint density at radius 2 is 1.54 bits per heavy atom. The van der Waals surface area contributed by atoms with Crippen molar-refractivity contribution in [1.82, 2.24) is 0 Å². The quantitative estimate of drug-likeness (QED) is 0.454. The molecule has 0 radical (unpaired) electrons. The first kappa shape index (κ1) is 19.4. The number of nitrogens with zero attached hydrogens (tertiary/aromatic N) is 2. The maximum Gasteiger partial charge on any atom is 0.270 e. The molecule has 0 spiro atoms. The number of anilines is 1. The minimum Gasteiger partial charge on any atom is -0.262 e. The van der Waals surface area contributed by atoms with Crippen molar-refractivity contribution in [2.24, 2.45) is 0 Å². The molecule has 0 fully saturated rings. The molecular formula is C19H14F2N2O4S. The molecule has 0 atom stereocenters. The van der Waals surface area contributed by atoms with Crippen LogP contribution >= 0.6 is 0 Å². The molecular weight excluding hydrogens is 390 g/mol. The summed E-state index contributed by atoms with van der Waals surface area (Å²) in [5, 5.41) is 11.0. The lowest BCUT2D eigenvalue weighted by Gasteiger charge is -2.24. The van der Waals surface area contributed by atoms with Gasteiger partial charge in [-0.2, -0.15) is 0 Å². The molecule has 3 aromatic rings. The normalized spacial score (nSPS) is 11.2. The molecule has 0 aliphatic heterocycles. The number of benzene rings is 3. The van der Waals surface area contributed by atoms with Crippen molar-refractivity contribution in [3.63, 3.8) is 0 Å². The van der Waals surface area contributed by atoms with Gasteiger partial charge in [0.2, 0.25) is 0 Å². The topological polar surface area (TPSA) is 80.5 Å². The summed E-state index contributed by atoms with van der Waals surface area (Å²) in [4.78, 5) is 9.96. The molecule has 0 saturated heterocycles. The first-order valence-corrected chi connectivity index (χ1v) is 9.48. The molecule has 144 valence electrons. The fourth-order valence-corrected chi connectivity index (χ4v) is 4.12. The summed E-state index contributed by atoms with van der Waals surface area (Å²) in [7, 11) is -4.30. The molecule has 0 heterocycles. The molecule has 0 saturated carbocycles. The number of hydrogen-bond acceptors (Lipinski definition) is 4. The number of rotatable bonds is 6. The van der Waals surface area contributed by atoms with Crippen LogP contribution in [0.2, 0.25) is 0 Å². The molecule has 0 aliphatic carbocycles. The zero-order valence-corrected chi connectivity index (χ0v) is 15.1. The summed E-state index contributed by atoms with van der Waals surface area (Å²) in [5.74, 6) is -1.21. The Balaban J connectivity index is 2.12. The summed E-state index contributed by atoms with van der Waals surface area (Å²) in [6, 6.07) is 14.8. The van der Waals surface area contributed by atoms with Gasteiger partial charge in [-0.1, -0.05) is 24.3 Å². The van der Waals surface area contributed by atoms with E-state index in [0.717, 1.165) is 34.6 Å². The molecule has 0 N–H and O–H groups in total. The van der Waals surface area contributed by atoms with Crippen molar-refractivity contribution in [2.45, 2.75) is 11.4 Å². The number of hydrogen-bond donors (Lipinski definition) is 0. The Hall–Kier alpha value is -3.33. The van der Waals surface area contributed by atoms with E-state index in [1.54, 1.807) is 0 Å². The van der Waals surface area contributed by atoms with E-state index < -0.39 is 32.3 Å². The maximum atomic E-state index is 13.7. The van der Waals surface area contributed by atoms with E-state index in [9.17, 15) is 27.3 Å². The van der Waals surface area contributed by atoms with Crippen molar-refractivity contribution in [3.05, 3.63) is 100 Å². The second-order valence-corrected chi connectivity index (χ2v) is 7.74. The van der Waals surface area contributed by atoms with Gasteiger partial charge in [-0.25, -0.2) is 17.2 Å². The number of halogens is 2. The summed E-state index contributed by atoms with van der Waals surface area (Å²) >= 11 is 0. The van der Waals surface area contributed by atoms with Crippen LogP contribution in [0.15, 0.2) is 77.7 Å². The number of nitro benzene ring substituents is 1. The SMILES string of the molecule is O=[N+]([O-])c1cccc(S(=O)(=O)N(Cc2cccc(F)c2)c2cccc(F)c2)c1. The molecule has 3 aromatic carbocycles. The van der Waals surface area contributed by atoms with E-state index in [2.05, 4.69) is 0 Å². The molecule has 0 unspecified atom stereocenters. The number of nitro groups is 1. The minimum absolute atomic E-state index is 0.00997. The third-order valence-electron chi connectivity index (χ3n) is 3.93. The van der Waals surface area contributed by atoms with Crippen molar-refractivity contribution in [3.8, 4) is 0 Å². The van der Waals surface area contributed by atoms with Gasteiger partial charge in [-0.15, -0.1) is 0 Å². The summed E-state index contributed by atoms with van der Waals surface area (Å²) in [6.07, 6.45) is 0. The number of sulfonamides is 1. The van der Waals surface area contributed by atoms with Gasteiger partial charge in [0.25, 0.3) is 15.7 Å². The Kier molecular flexibility index (Phi) is 5.36. The fourth-order valence-electron chi connectivity index (χ4n) is 2.63. The average molecular weight is 404 g/mol. The Morgan fingerprint density at radius 3 is 2.18 bits per heavy atom.